The van der Waals surface area contributed by atoms with Crippen molar-refractivity contribution in [3.8, 4) is 11.3 Å². The molecule has 4 rings (SSSR count). The van der Waals surface area contributed by atoms with Crippen molar-refractivity contribution in [1.29, 1.82) is 0 Å². The van der Waals surface area contributed by atoms with Crippen molar-refractivity contribution >= 4 is 28.9 Å². The lowest BCUT2D eigenvalue weighted by Gasteiger charge is -2.08. The van der Waals surface area contributed by atoms with E-state index in [4.69, 9.17) is 17.3 Å². The summed E-state index contributed by atoms with van der Waals surface area (Å²) >= 11 is 6.05. The van der Waals surface area contributed by atoms with Gasteiger partial charge in [-0.1, -0.05) is 17.7 Å². The lowest BCUT2D eigenvalue weighted by Crippen LogP contribution is -2.03. The number of benzene rings is 1. The van der Waals surface area contributed by atoms with Gasteiger partial charge in [-0.3, -0.25) is 0 Å². The molecule has 0 saturated heterocycles. The first-order valence-corrected chi connectivity index (χ1v) is 8.08. The molecule has 4 aromatic rings. The molecule has 3 aromatic heterocycles. The number of halogens is 2. The smallest absolute Gasteiger partial charge is 0.166 e. The van der Waals surface area contributed by atoms with Crippen LogP contribution in [-0.4, -0.2) is 24.6 Å². The maximum absolute atomic E-state index is 13.1. The minimum absolute atomic E-state index is 0. The summed E-state index contributed by atoms with van der Waals surface area (Å²) in [5, 5.41) is 7.73. The molecule has 7 nitrogen and oxygen atoms in total. The van der Waals surface area contributed by atoms with Crippen LogP contribution in [0.3, 0.4) is 0 Å². The Hall–Kier alpha value is -3.26. The molecule has 0 radical (unpaired) electrons. The molecule has 0 aliphatic carbocycles. The summed E-state index contributed by atoms with van der Waals surface area (Å²) < 4.78 is 14.7. The molecule has 0 atom stereocenters. The van der Waals surface area contributed by atoms with Crippen LogP contribution in [-0.2, 0) is 6.54 Å². The highest BCUT2D eigenvalue weighted by Crippen LogP contribution is 2.28. The highest BCUT2D eigenvalue weighted by atomic mass is 35.5. The summed E-state index contributed by atoms with van der Waals surface area (Å²) in [7, 11) is 0. The Balaban J connectivity index is 0.00000140. The van der Waals surface area contributed by atoms with E-state index in [2.05, 4.69) is 25.4 Å². The number of nitrogens with one attached hydrogen (secondary N) is 1. The molecule has 136 valence electrons. The SMILES string of the molecule is Nc1nn2cccnc2c1-c1cc(NCc2ccc(F)cc2Cl)ncn1.[HH].[HH].[HH]. The van der Waals surface area contributed by atoms with Gasteiger partial charge < -0.3 is 11.1 Å². The lowest BCUT2D eigenvalue weighted by molar-refractivity contribution is 0.627. The fraction of sp³-hybridized carbons (Fsp3) is 0.0588. The first-order valence-electron chi connectivity index (χ1n) is 7.71. The average Bonchev–Trinajstić information content (AvgIpc) is 2.97. The number of hydrogen-bond acceptors (Lipinski definition) is 6. The summed E-state index contributed by atoms with van der Waals surface area (Å²) in [6.45, 7) is 0.387. The van der Waals surface area contributed by atoms with Crippen molar-refractivity contribution in [1.82, 2.24) is 24.6 Å². The fourth-order valence-electron chi connectivity index (χ4n) is 2.59. The Morgan fingerprint density at radius 2 is 2.12 bits per heavy atom. The Labute approximate surface area is 157 Å². The molecule has 0 spiro atoms. The first kappa shape index (κ1) is 16.2. The van der Waals surface area contributed by atoms with Gasteiger partial charge in [0.1, 0.15) is 18.0 Å². The molecule has 9 heteroatoms. The summed E-state index contributed by atoms with van der Waals surface area (Å²) in [5.74, 6) is 0.527. The number of anilines is 2. The molecular formula is C17H19ClFN7. The molecule has 0 aliphatic rings. The van der Waals surface area contributed by atoms with Crippen molar-refractivity contribution in [2.24, 2.45) is 0 Å². The molecule has 26 heavy (non-hydrogen) atoms. The number of nitrogen functional groups attached to an aromatic ring is 1. The largest absolute Gasteiger partial charge is 0.382 e. The van der Waals surface area contributed by atoms with Crippen molar-refractivity contribution in [3.05, 3.63) is 65.5 Å². The van der Waals surface area contributed by atoms with E-state index in [1.165, 1.54) is 18.5 Å². The zero-order valence-corrected chi connectivity index (χ0v) is 14.2. The molecule has 1 aromatic carbocycles. The predicted octanol–water partition coefficient (Wildman–Crippen LogP) is 3.91. The van der Waals surface area contributed by atoms with E-state index in [0.717, 1.165) is 5.56 Å². The van der Waals surface area contributed by atoms with Crippen LogP contribution in [0.5, 0.6) is 0 Å². The van der Waals surface area contributed by atoms with Gasteiger partial charge in [0.25, 0.3) is 0 Å². The predicted molar refractivity (Wildman–Crippen MR) is 104 cm³/mol. The normalized spacial score (nSPS) is 11.0. The number of hydrogen-bond donors (Lipinski definition) is 2. The number of aromatic nitrogens is 5. The highest BCUT2D eigenvalue weighted by Gasteiger charge is 2.15. The van der Waals surface area contributed by atoms with Crippen LogP contribution in [0, 0.1) is 5.82 Å². The third kappa shape index (κ3) is 3.02. The van der Waals surface area contributed by atoms with Gasteiger partial charge in [0.2, 0.25) is 0 Å². The molecule has 0 bridgehead atoms. The third-order valence-electron chi connectivity index (χ3n) is 3.82. The Morgan fingerprint density at radius 3 is 2.96 bits per heavy atom. The van der Waals surface area contributed by atoms with Crippen molar-refractivity contribution < 1.29 is 8.67 Å². The molecular weight excluding hydrogens is 357 g/mol. The van der Waals surface area contributed by atoms with E-state index < -0.39 is 0 Å². The Kier molecular flexibility index (Phi) is 4.10. The van der Waals surface area contributed by atoms with Gasteiger partial charge in [0, 0.05) is 34.3 Å². The van der Waals surface area contributed by atoms with Gasteiger partial charge in [-0.2, -0.15) is 0 Å². The molecule has 0 amide bonds. The second-order valence-electron chi connectivity index (χ2n) is 5.53. The first-order chi connectivity index (χ1) is 12.6. The molecule has 0 aliphatic heterocycles. The van der Waals surface area contributed by atoms with E-state index in [1.54, 1.807) is 35.1 Å². The van der Waals surface area contributed by atoms with Crippen LogP contribution in [0.2, 0.25) is 5.02 Å². The number of rotatable bonds is 4. The fourth-order valence-corrected chi connectivity index (χ4v) is 2.83. The number of nitrogens with zero attached hydrogens (tertiary/aromatic N) is 5. The summed E-state index contributed by atoms with van der Waals surface area (Å²) in [6, 6.07) is 7.77. The van der Waals surface area contributed by atoms with Crippen LogP contribution < -0.4 is 11.1 Å². The van der Waals surface area contributed by atoms with E-state index in [-0.39, 0.29) is 10.1 Å². The van der Waals surface area contributed by atoms with E-state index >= 15 is 0 Å². The molecule has 3 heterocycles. The van der Waals surface area contributed by atoms with Gasteiger partial charge in [-0.05, 0) is 23.8 Å². The Morgan fingerprint density at radius 1 is 1.23 bits per heavy atom. The van der Waals surface area contributed by atoms with Crippen LogP contribution in [0.1, 0.15) is 9.84 Å². The van der Waals surface area contributed by atoms with Gasteiger partial charge in [0.05, 0.1) is 11.3 Å². The standard InChI is InChI=1S/C17H13ClFN7.3H2/c18-12-6-11(19)3-2-10(12)8-22-14-7-13(23-9-24-14)15-16(20)25-26-5-1-4-21-17(15)26;;;/h1-7,9H,8H2,(H2,20,25)(H,22,23,24);3*1H. The van der Waals surface area contributed by atoms with Gasteiger partial charge in [0.15, 0.2) is 11.5 Å². The minimum atomic E-state index is -0.376. The second-order valence-corrected chi connectivity index (χ2v) is 5.93. The quantitative estimate of drug-likeness (QED) is 0.561. The van der Waals surface area contributed by atoms with Crippen molar-refractivity contribution in [2.45, 2.75) is 6.54 Å². The van der Waals surface area contributed by atoms with E-state index in [0.29, 0.717) is 40.1 Å². The van der Waals surface area contributed by atoms with Gasteiger partial charge in [-0.15, -0.1) is 5.10 Å². The summed E-state index contributed by atoms with van der Waals surface area (Å²) in [4.78, 5) is 12.8. The van der Waals surface area contributed by atoms with Crippen LogP contribution in [0.15, 0.2) is 49.1 Å². The molecule has 3 N–H and O–H groups in total. The molecule has 0 saturated carbocycles. The number of nitrogens with two attached hydrogens (primary N) is 1. The van der Waals surface area contributed by atoms with Crippen LogP contribution in [0.25, 0.3) is 16.9 Å². The zero-order chi connectivity index (χ0) is 18.1. The highest BCUT2D eigenvalue weighted by molar-refractivity contribution is 6.31. The maximum Gasteiger partial charge on any atom is 0.166 e. The van der Waals surface area contributed by atoms with E-state index in [1.807, 2.05) is 0 Å². The minimum Gasteiger partial charge on any atom is -0.382 e. The monoisotopic (exact) mass is 375 g/mol. The van der Waals surface area contributed by atoms with E-state index in [9.17, 15) is 4.39 Å². The third-order valence-corrected chi connectivity index (χ3v) is 4.17. The van der Waals surface area contributed by atoms with Gasteiger partial charge in [-0.25, -0.2) is 23.9 Å². The second kappa shape index (κ2) is 6.57. The molecule has 0 unspecified atom stereocenters. The van der Waals surface area contributed by atoms with Crippen LogP contribution in [0.4, 0.5) is 16.0 Å². The maximum atomic E-state index is 13.1. The average molecular weight is 376 g/mol. The van der Waals surface area contributed by atoms with Crippen molar-refractivity contribution in [3.63, 3.8) is 0 Å². The number of fused-ring (bicyclic) bond motifs is 1. The summed E-state index contributed by atoms with van der Waals surface area (Å²) in [6.07, 6.45) is 4.85. The zero-order valence-electron chi connectivity index (χ0n) is 13.4. The molecule has 0 fully saturated rings. The van der Waals surface area contributed by atoms with Crippen LogP contribution >= 0.6 is 11.6 Å². The van der Waals surface area contributed by atoms with Crippen molar-refractivity contribution in [2.75, 3.05) is 11.1 Å². The van der Waals surface area contributed by atoms with Gasteiger partial charge >= 0.3 is 0 Å². The topological polar surface area (TPSA) is 94.0 Å². The summed E-state index contributed by atoms with van der Waals surface area (Å²) in [5.41, 5.74) is 8.62. The lowest BCUT2D eigenvalue weighted by atomic mass is 10.2. The Bertz CT molecular complexity index is 1110.